The summed E-state index contributed by atoms with van der Waals surface area (Å²) < 4.78 is 15.1. The Labute approximate surface area is 557 Å². The van der Waals surface area contributed by atoms with Gasteiger partial charge in [0.05, 0.1) is 84.2 Å². The minimum Gasteiger partial charge on any atom is -0.632 e. The molecule has 4 heterocycles. The topological polar surface area (TPSA) is 383 Å². The zero-order valence-corrected chi connectivity index (χ0v) is 56.1. The number of nitrogens with one attached hydrogen (secondary N) is 8. The summed E-state index contributed by atoms with van der Waals surface area (Å²) >= 11 is 0. The van der Waals surface area contributed by atoms with Gasteiger partial charge in [0.25, 0.3) is 0 Å². The van der Waals surface area contributed by atoms with Gasteiger partial charge in [-0.05, 0) is 123 Å². The van der Waals surface area contributed by atoms with Crippen LogP contribution in [0.25, 0.3) is 111 Å². The van der Waals surface area contributed by atoms with Crippen LogP contribution in [-0.4, -0.2) is 117 Å². The van der Waals surface area contributed by atoms with E-state index in [0.717, 1.165) is 138 Å². The molecule has 4 atom stereocenters. The van der Waals surface area contributed by atoms with E-state index in [0.29, 0.717) is 22.3 Å². The molecule has 0 fully saturated rings. The average Bonchev–Trinajstić information content (AvgIpc) is 1.45. The van der Waals surface area contributed by atoms with Gasteiger partial charge in [0.2, 0.25) is 24.4 Å². The number of aromatic nitrogens is 8. The van der Waals surface area contributed by atoms with Gasteiger partial charge in [0.15, 0.2) is 0 Å². The third-order valence-electron chi connectivity index (χ3n) is 12.6. The monoisotopic (exact) mass is 1410 g/mol. The van der Waals surface area contributed by atoms with Gasteiger partial charge < -0.3 is 81.0 Å². The number of hydrogen-bond acceptors (Lipinski definition) is 16. The number of hydrogen-bond donors (Lipinski definition) is 4. The predicted molar refractivity (Wildman–Crippen MR) is 330 cm³/mol. The molecular formula is C56H48N12O12P4V4. The van der Waals surface area contributed by atoms with Crippen LogP contribution in [-0.2, 0) is 138 Å². The maximum absolute atomic E-state index is 10.8. The van der Waals surface area contributed by atoms with Crippen LogP contribution in [0.15, 0.2) is 97.1 Å². The number of ether oxygens (including phenoxy) is 4. The van der Waals surface area contributed by atoms with E-state index in [-0.39, 0.29) is 109 Å². The first kappa shape index (κ1) is 75.3. The number of fused-ring (bicyclic) bond motifs is 11. The van der Waals surface area contributed by atoms with Crippen LogP contribution in [0.1, 0.15) is 22.5 Å². The third-order valence-corrected chi connectivity index (χ3v) is 14.9. The molecule has 0 spiro atoms. The Balaban J connectivity index is 0.000000341. The summed E-state index contributed by atoms with van der Waals surface area (Å²) in [4.78, 5) is 111. The molecule has 4 unspecified atom stereocenters. The predicted octanol–water partition coefficient (Wildman–Crippen LogP) is 10.4. The summed E-state index contributed by atoms with van der Waals surface area (Å²) in [6, 6.07) is 41.7. The smallest absolute Gasteiger partial charge is 0.632 e. The molecule has 88 heavy (non-hydrogen) atoms. The van der Waals surface area contributed by atoms with Crippen LogP contribution in [0.4, 0.5) is 19.2 Å². The second-order valence-electron chi connectivity index (χ2n) is 17.4. The molecule has 0 saturated carbocycles. The summed E-state index contributed by atoms with van der Waals surface area (Å²) in [5.41, 5.74) is 43.6. The fourth-order valence-corrected chi connectivity index (χ4v) is 10.9. The van der Waals surface area contributed by atoms with E-state index < -0.39 is 24.4 Å². The van der Waals surface area contributed by atoms with Crippen molar-refractivity contribution < 1.29 is 132 Å². The van der Waals surface area contributed by atoms with Crippen molar-refractivity contribution in [2.45, 2.75) is 25.7 Å². The quantitative estimate of drug-likeness (QED) is 0.0561. The molecule has 24 nitrogen and oxygen atoms in total. The summed E-state index contributed by atoms with van der Waals surface area (Å²) in [6.07, 6.45) is -0.328. The first-order valence-electron chi connectivity index (χ1n) is 24.6. The zero-order chi connectivity index (χ0) is 60.5. The van der Waals surface area contributed by atoms with Gasteiger partial charge in [-0.1, -0.05) is 54.6 Å². The van der Waals surface area contributed by atoms with E-state index in [9.17, 15) is 38.4 Å². The van der Waals surface area contributed by atoms with Gasteiger partial charge in [0.1, 0.15) is 0 Å². The van der Waals surface area contributed by atoms with Gasteiger partial charge >= 0.3 is 74.2 Å². The largest absolute Gasteiger partial charge is 2.00 e. The summed E-state index contributed by atoms with van der Waals surface area (Å²) in [7, 11) is 4.35. The van der Waals surface area contributed by atoms with Gasteiger partial charge in [-0.2, -0.15) is 34.3 Å². The first-order chi connectivity index (χ1) is 40.5. The SMILES string of the molecule is COC([NH-])=O.COC([NH-])=O.COC([NH-])=O.COC([NH-])=O.O=[C-]Pc1nc2c([nH]1)CCc1c-2ccc2cc(-c3ccc4nc(P[C-]=O)[nH]c4c3)ccc12.O=[C-]Pc1nc2c([nH]1)CCc1cc3cc(-c4ccc5nc(P[C-]=O)[nH]c5c4)ccc3cc1-2.[V+2].[V+2].[V+2].[V+2]. The number of nitrogens with zero attached hydrogens (tertiary/aromatic N) is 4. The molecule has 2 aliphatic rings. The molecule has 8 N–H and O–H groups in total. The van der Waals surface area contributed by atoms with E-state index in [2.05, 4.69) is 144 Å². The fraction of sp³-hybridized carbons (Fsp3) is 0.143. The fourth-order valence-electron chi connectivity index (χ4n) is 8.96. The third kappa shape index (κ3) is 19.8. The number of benzene rings is 6. The van der Waals surface area contributed by atoms with Crippen LogP contribution in [0.5, 0.6) is 0 Å². The molecular weight excluding hydrogens is 1360 g/mol. The number of aryl methyl sites for hydroxylation is 4. The molecule has 4 amide bonds. The number of aromatic amines is 4. The van der Waals surface area contributed by atoms with E-state index >= 15 is 0 Å². The number of H-pyrrole nitrogens is 4. The van der Waals surface area contributed by atoms with E-state index in [4.69, 9.17) is 22.9 Å². The van der Waals surface area contributed by atoms with E-state index in [1.165, 1.54) is 27.3 Å². The number of methoxy groups -OCH3 is 4. The second-order valence-corrected chi connectivity index (χ2v) is 21.1. The maximum atomic E-state index is 10.8. The van der Waals surface area contributed by atoms with Gasteiger partial charge in [0, 0.05) is 22.5 Å². The van der Waals surface area contributed by atoms with Crippen molar-refractivity contribution in [2.75, 3.05) is 28.4 Å². The molecule has 4 radical (unpaired) electrons. The average molecular weight is 1410 g/mol. The molecule has 4 aromatic heterocycles. The molecule has 10 aromatic rings. The number of rotatable bonds is 10. The van der Waals surface area contributed by atoms with E-state index in [1.807, 2.05) is 36.2 Å². The van der Waals surface area contributed by atoms with E-state index in [1.54, 1.807) is 0 Å². The molecule has 444 valence electrons. The van der Waals surface area contributed by atoms with Crippen LogP contribution < -0.4 is 22.3 Å². The number of amides is 4. The van der Waals surface area contributed by atoms with Crippen LogP contribution in [0.3, 0.4) is 0 Å². The maximum Gasteiger partial charge on any atom is 2.00 e. The molecule has 12 rings (SSSR count). The normalized spacial score (nSPS) is 11.2. The van der Waals surface area contributed by atoms with Crippen LogP contribution in [0.2, 0.25) is 0 Å². The standard InChI is InChI=1S/2C24H16N4O2P2.4C2H5NO2.4V/c29-11-31-23-25-19-7-3-14(10-21(19)27-23)13-1-4-16-15(9-13)2-5-18-17(16)6-8-20-22(18)28-24(26-20)32-12-30;29-11-31-23-25-19-5-3-15(10-21(19)27-23)13-1-2-14-9-18-16(8-17(14)7-13)4-6-20-22(18)28-24(26-20)32-12-30;4*1-5-2(3)4;;;;/h1-5,7,9-10,31-32H,6,8H2,(H,25,27)(H,26,28);1-3,5,7-10,31-32H,4,6H2,(H,25,27)(H,26,28);4*1H3,(H2,3,4);;;;/q2*-2;;;;;4*+2/p-4. The summed E-state index contributed by atoms with van der Waals surface area (Å²) in [5.74, 6) is 0. The van der Waals surface area contributed by atoms with Crippen molar-refractivity contribution in [3.05, 3.63) is 143 Å². The van der Waals surface area contributed by atoms with Crippen molar-refractivity contribution in [3.63, 3.8) is 0 Å². The Bertz CT molecular complexity index is 3910. The Morgan fingerprint density at radius 3 is 1.24 bits per heavy atom. The first-order valence-corrected chi connectivity index (χ1v) is 28.6. The Hall–Kier alpha value is -6.98. The van der Waals surface area contributed by atoms with Crippen molar-refractivity contribution in [2.24, 2.45) is 0 Å². The Morgan fingerprint density at radius 1 is 0.420 bits per heavy atom. The molecule has 32 heteroatoms. The van der Waals surface area contributed by atoms with Crippen LogP contribution >= 0.6 is 34.3 Å². The Kier molecular flexibility index (Phi) is 31.2. The minimum atomic E-state index is -0.995. The zero-order valence-electron chi connectivity index (χ0n) is 46.5. The number of carbonyl (C=O) groups is 4. The van der Waals surface area contributed by atoms with Gasteiger partial charge in [-0.25, -0.2) is 44.0 Å². The number of imidazole rings is 4. The van der Waals surface area contributed by atoms with Gasteiger partial charge in [-0.3, -0.25) is 19.2 Å². The summed E-state index contributed by atoms with van der Waals surface area (Å²) in [5, 5.41) is 4.76. The van der Waals surface area contributed by atoms with Crippen molar-refractivity contribution in [1.29, 1.82) is 0 Å². The van der Waals surface area contributed by atoms with Crippen molar-refractivity contribution >= 4 is 149 Å². The summed E-state index contributed by atoms with van der Waals surface area (Å²) in [6.45, 7) is 0. The molecule has 0 saturated heterocycles. The molecule has 0 bridgehead atoms. The molecule has 0 aliphatic heterocycles. The Morgan fingerprint density at radius 2 is 0.795 bits per heavy atom. The number of carbonyl (C=O) groups excluding carboxylic acids is 8. The van der Waals surface area contributed by atoms with Crippen molar-refractivity contribution in [1.82, 2.24) is 39.9 Å². The minimum absolute atomic E-state index is 0. The molecule has 2 aliphatic carbocycles. The van der Waals surface area contributed by atoms with Gasteiger partial charge in [-0.15, -0.1) is 0 Å². The van der Waals surface area contributed by atoms with Crippen molar-refractivity contribution in [3.8, 4) is 44.8 Å². The van der Waals surface area contributed by atoms with Crippen LogP contribution in [0, 0.1) is 0 Å². The molecule has 6 aromatic carbocycles. The second kappa shape index (κ2) is 36.5.